The Kier molecular flexibility index (Phi) is 4.10. The van der Waals surface area contributed by atoms with Crippen molar-refractivity contribution in [3.05, 3.63) is 11.5 Å². The van der Waals surface area contributed by atoms with Crippen LogP contribution in [0.3, 0.4) is 0 Å². The summed E-state index contributed by atoms with van der Waals surface area (Å²) in [6, 6.07) is -0.784. The van der Waals surface area contributed by atoms with E-state index >= 15 is 0 Å². The van der Waals surface area contributed by atoms with Crippen molar-refractivity contribution in [2.75, 3.05) is 12.3 Å². The average Bonchev–Trinajstić information content (AvgIpc) is 2.54. The van der Waals surface area contributed by atoms with Crippen LogP contribution in [-0.2, 0) is 14.6 Å². The molecule has 0 aromatic carbocycles. The van der Waals surface area contributed by atoms with E-state index in [1.807, 2.05) is 0 Å². The first-order valence-corrected chi connectivity index (χ1v) is 6.54. The molecule has 88 valence electrons. The molecular weight excluding hydrogens is 228 g/mol. The minimum Gasteiger partial charge on any atom is -0.344 e. The van der Waals surface area contributed by atoms with Gasteiger partial charge in [-0.2, -0.15) is 0 Å². The van der Waals surface area contributed by atoms with Gasteiger partial charge in [-0.3, -0.25) is 10.1 Å². The first-order chi connectivity index (χ1) is 7.44. The van der Waals surface area contributed by atoms with Gasteiger partial charge in [-0.1, -0.05) is 12.0 Å². The number of rotatable bonds is 4. The molecule has 0 aromatic rings. The number of nitrogens with one attached hydrogen (secondary N) is 2. The summed E-state index contributed by atoms with van der Waals surface area (Å²) < 4.78 is 22.2. The Morgan fingerprint density at radius 1 is 1.69 bits per heavy atom. The number of carbonyl (C=O) groups excluding carboxylic acids is 1. The SMILES string of the molecule is C#CCNC(=O)C(C)NC1C=CS(=O)(=O)C1. The number of amides is 1. The summed E-state index contributed by atoms with van der Waals surface area (Å²) in [6.45, 7) is 1.83. The van der Waals surface area contributed by atoms with Crippen LogP contribution in [0.4, 0.5) is 0 Å². The predicted octanol–water partition coefficient (Wildman–Crippen LogP) is -0.975. The maximum absolute atomic E-state index is 11.4. The molecule has 0 saturated heterocycles. The van der Waals surface area contributed by atoms with E-state index in [4.69, 9.17) is 6.42 Å². The fourth-order valence-corrected chi connectivity index (χ4v) is 2.62. The molecule has 0 radical (unpaired) electrons. The standard InChI is InChI=1S/C10H14N2O3S/c1-3-5-11-10(13)8(2)12-9-4-6-16(14,15)7-9/h1,4,6,8-9,12H,5,7H2,2H3,(H,11,13). The van der Waals surface area contributed by atoms with E-state index < -0.39 is 15.9 Å². The molecule has 0 aromatic heterocycles. The van der Waals surface area contributed by atoms with Crippen LogP contribution in [0.5, 0.6) is 0 Å². The average molecular weight is 242 g/mol. The van der Waals surface area contributed by atoms with Crippen molar-refractivity contribution in [3.63, 3.8) is 0 Å². The van der Waals surface area contributed by atoms with E-state index in [2.05, 4.69) is 16.6 Å². The van der Waals surface area contributed by atoms with Crippen LogP contribution in [0.2, 0.25) is 0 Å². The van der Waals surface area contributed by atoms with E-state index in [0.717, 1.165) is 5.41 Å². The molecule has 1 heterocycles. The zero-order valence-electron chi connectivity index (χ0n) is 8.93. The Morgan fingerprint density at radius 2 is 2.38 bits per heavy atom. The Hall–Kier alpha value is -1.32. The Balaban J connectivity index is 2.42. The van der Waals surface area contributed by atoms with Crippen molar-refractivity contribution in [2.24, 2.45) is 0 Å². The second-order valence-electron chi connectivity index (χ2n) is 3.57. The van der Waals surface area contributed by atoms with Crippen LogP contribution in [0.25, 0.3) is 0 Å². The van der Waals surface area contributed by atoms with Crippen molar-refractivity contribution < 1.29 is 13.2 Å². The maximum Gasteiger partial charge on any atom is 0.237 e. The Bertz CT molecular complexity index is 433. The molecule has 0 aliphatic carbocycles. The molecule has 0 spiro atoms. The molecule has 5 nitrogen and oxygen atoms in total. The van der Waals surface area contributed by atoms with Gasteiger partial charge in [0.15, 0.2) is 9.84 Å². The molecule has 0 saturated carbocycles. The molecule has 6 heteroatoms. The van der Waals surface area contributed by atoms with Gasteiger partial charge in [-0.25, -0.2) is 8.42 Å². The zero-order valence-corrected chi connectivity index (χ0v) is 9.75. The Morgan fingerprint density at radius 3 is 2.88 bits per heavy atom. The van der Waals surface area contributed by atoms with Gasteiger partial charge in [0.05, 0.1) is 18.3 Å². The van der Waals surface area contributed by atoms with Gasteiger partial charge in [-0.15, -0.1) is 6.42 Å². The number of hydrogen-bond donors (Lipinski definition) is 2. The van der Waals surface area contributed by atoms with Gasteiger partial charge in [0, 0.05) is 11.4 Å². The summed E-state index contributed by atoms with van der Waals surface area (Å²) in [5.41, 5.74) is 0. The van der Waals surface area contributed by atoms with E-state index in [1.165, 1.54) is 0 Å². The zero-order chi connectivity index (χ0) is 12.2. The number of carbonyl (C=O) groups is 1. The van der Waals surface area contributed by atoms with Crippen LogP contribution in [-0.4, -0.2) is 38.7 Å². The molecule has 2 N–H and O–H groups in total. The van der Waals surface area contributed by atoms with Crippen molar-refractivity contribution >= 4 is 15.7 Å². The van der Waals surface area contributed by atoms with E-state index in [0.29, 0.717) is 0 Å². The second kappa shape index (κ2) is 5.14. The molecule has 2 unspecified atom stereocenters. The molecular formula is C10H14N2O3S. The summed E-state index contributed by atoms with van der Waals surface area (Å²) >= 11 is 0. The third-order valence-corrected chi connectivity index (χ3v) is 3.55. The molecule has 2 atom stereocenters. The first kappa shape index (κ1) is 12.7. The van der Waals surface area contributed by atoms with Gasteiger partial charge >= 0.3 is 0 Å². The molecule has 16 heavy (non-hydrogen) atoms. The normalized spacial score (nSPS) is 23.6. The fraction of sp³-hybridized carbons (Fsp3) is 0.500. The summed E-state index contributed by atoms with van der Waals surface area (Å²) in [7, 11) is -3.09. The third kappa shape index (κ3) is 3.68. The lowest BCUT2D eigenvalue weighted by atomic mass is 10.2. The van der Waals surface area contributed by atoms with Gasteiger partial charge in [0.1, 0.15) is 0 Å². The molecule has 0 fully saturated rings. The highest BCUT2D eigenvalue weighted by molar-refractivity contribution is 7.94. The predicted molar refractivity (Wildman–Crippen MR) is 61.2 cm³/mol. The van der Waals surface area contributed by atoms with Gasteiger partial charge < -0.3 is 5.32 Å². The van der Waals surface area contributed by atoms with Crippen molar-refractivity contribution in [1.29, 1.82) is 0 Å². The van der Waals surface area contributed by atoms with Gasteiger partial charge in [-0.05, 0) is 6.92 Å². The minimum atomic E-state index is -3.09. The molecule has 1 aliphatic heterocycles. The van der Waals surface area contributed by atoms with Crippen LogP contribution in [0, 0.1) is 12.3 Å². The lowest BCUT2D eigenvalue weighted by molar-refractivity contribution is -0.122. The first-order valence-electron chi connectivity index (χ1n) is 4.83. The third-order valence-electron chi connectivity index (χ3n) is 2.15. The number of sulfone groups is 1. The highest BCUT2D eigenvalue weighted by Crippen LogP contribution is 2.08. The summed E-state index contributed by atoms with van der Waals surface area (Å²) in [4.78, 5) is 11.4. The quantitative estimate of drug-likeness (QED) is 0.622. The van der Waals surface area contributed by atoms with E-state index in [9.17, 15) is 13.2 Å². The topological polar surface area (TPSA) is 75.3 Å². The summed E-state index contributed by atoms with van der Waals surface area (Å²) in [5, 5.41) is 6.58. The largest absolute Gasteiger partial charge is 0.344 e. The maximum atomic E-state index is 11.4. The second-order valence-corrected chi connectivity index (χ2v) is 5.51. The lowest BCUT2D eigenvalue weighted by Gasteiger charge is -2.16. The Labute approximate surface area is 95.2 Å². The van der Waals surface area contributed by atoms with Crippen molar-refractivity contribution in [1.82, 2.24) is 10.6 Å². The molecule has 0 bridgehead atoms. The van der Waals surface area contributed by atoms with Crippen molar-refractivity contribution in [2.45, 2.75) is 19.0 Å². The molecule has 1 amide bonds. The molecule has 1 aliphatic rings. The van der Waals surface area contributed by atoms with E-state index in [1.54, 1.807) is 13.0 Å². The van der Waals surface area contributed by atoms with Crippen molar-refractivity contribution in [3.8, 4) is 12.3 Å². The number of hydrogen-bond acceptors (Lipinski definition) is 4. The monoisotopic (exact) mass is 242 g/mol. The van der Waals surface area contributed by atoms with Gasteiger partial charge in [0.2, 0.25) is 5.91 Å². The molecule has 1 rings (SSSR count). The summed E-state index contributed by atoms with van der Waals surface area (Å²) in [6.07, 6.45) is 6.54. The lowest BCUT2D eigenvalue weighted by Crippen LogP contribution is -2.47. The van der Waals surface area contributed by atoms with Crippen LogP contribution < -0.4 is 10.6 Å². The smallest absolute Gasteiger partial charge is 0.237 e. The minimum absolute atomic E-state index is 0.000239. The highest BCUT2D eigenvalue weighted by Gasteiger charge is 2.24. The van der Waals surface area contributed by atoms with E-state index in [-0.39, 0.29) is 24.2 Å². The van der Waals surface area contributed by atoms with Crippen LogP contribution >= 0.6 is 0 Å². The highest BCUT2D eigenvalue weighted by atomic mass is 32.2. The number of terminal acetylenes is 1. The van der Waals surface area contributed by atoms with Gasteiger partial charge in [0.25, 0.3) is 0 Å². The fourth-order valence-electron chi connectivity index (χ4n) is 1.37. The summed E-state index contributed by atoms with van der Waals surface area (Å²) in [5.74, 6) is 2.05. The van der Waals surface area contributed by atoms with Crippen LogP contribution in [0.15, 0.2) is 11.5 Å². The van der Waals surface area contributed by atoms with Crippen LogP contribution in [0.1, 0.15) is 6.92 Å².